The van der Waals surface area contributed by atoms with Crippen LogP contribution in [-0.2, 0) is 18.3 Å². The normalized spacial score (nSPS) is 22.1. The number of rotatable bonds is 0. The Kier molecular flexibility index (Phi) is 2.17. The van der Waals surface area contributed by atoms with Gasteiger partial charge in [0.2, 0.25) is 0 Å². The summed E-state index contributed by atoms with van der Waals surface area (Å²) in [4.78, 5) is 8.19. The van der Waals surface area contributed by atoms with E-state index in [0.717, 1.165) is 18.2 Å². The number of imidazole rings is 1. The number of fused-ring (bicyclic) bond motifs is 1. The Morgan fingerprint density at radius 3 is 2.71 bits per heavy atom. The zero-order valence-electron chi connectivity index (χ0n) is 9.65. The molecule has 78 valence electrons. The number of aromatic amines is 1. The SMILES string of the molecule is CC1CCc2nc(C(C)(C)C)[nH]c2C1. The van der Waals surface area contributed by atoms with E-state index < -0.39 is 0 Å². The van der Waals surface area contributed by atoms with E-state index in [1.165, 1.54) is 24.2 Å². The van der Waals surface area contributed by atoms with Crippen molar-refractivity contribution < 1.29 is 0 Å². The molecule has 0 saturated carbocycles. The van der Waals surface area contributed by atoms with Gasteiger partial charge in [0, 0.05) is 11.1 Å². The van der Waals surface area contributed by atoms with Crippen molar-refractivity contribution >= 4 is 0 Å². The minimum atomic E-state index is 0.153. The second-order valence-corrected chi connectivity index (χ2v) is 5.61. The summed E-state index contributed by atoms with van der Waals surface area (Å²) < 4.78 is 0. The molecule has 1 heterocycles. The van der Waals surface area contributed by atoms with E-state index in [4.69, 9.17) is 4.98 Å². The highest BCUT2D eigenvalue weighted by atomic mass is 15.0. The molecule has 0 radical (unpaired) electrons. The molecule has 14 heavy (non-hydrogen) atoms. The van der Waals surface area contributed by atoms with Gasteiger partial charge in [0.15, 0.2) is 0 Å². The Bertz CT molecular complexity index is 331. The minimum Gasteiger partial charge on any atom is -0.345 e. The van der Waals surface area contributed by atoms with Crippen LogP contribution in [0, 0.1) is 5.92 Å². The van der Waals surface area contributed by atoms with E-state index >= 15 is 0 Å². The van der Waals surface area contributed by atoms with Crippen molar-refractivity contribution in [3.05, 3.63) is 17.2 Å². The second kappa shape index (κ2) is 3.11. The quantitative estimate of drug-likeness (QED) is 0.672. The highest BCUT2D eigenvalue weighted by Crippen LogP contribution is 2.27. The molecule has 0 aromatic carbocycles. The van der Waals surface area contributed by atoms with Crippen LogP contribution in [0.3, 0.4) is 0 Å². The first kappa shape index (κ1) is 9.75. The molecule has 1 atom stereocenters. The Morgan fingerprint density at radius 2 is 2.07 bits per heavy atom. The van der Waals surface area contributed by atoms with Crippen LogP contribution in [0.25, 0.3) is 0 Å². The largest absolute Gasteiger partial charge is 0.345 e. The number of hydrogen-bond donors (Lipinski definition) is 1. The van der Waals surface area contributed by atoms with Crippen molar-refractivity contribution in [1.82, 2.24) is 9.97 Å². The first-order chi connectivity index (χ1) is 6.47. The van der Waals surface area contributed by atoms with Gasteiger partial charge in [-0.15, -0.1) is 0 Å². The zero-order chi connectivity index (χ0) is 10.3. The molecule has 2 nitrogen and oxygen atoms in total. The van der Waals surface area contributed by atoms with Gasteiger partial charge >= 0.3 is 0 Å². The summed E-state index contributed by atoms with van der Waals surface area (Å²) in [6, 6.07) is 0. The zero-order valence-corrected chi connectivity index (χ0v) is 9.65. The number of nitrogens with zero attached hydrogens (tertiary/aromatic N) is 1. The topological polar surface area (TPSA) is 28.7 Å². The molecular formula is C12H20N2. The van der Waals surface area contributed by atoms with E-state index in [1.807, 2.05) is 0 Å². The molecule has 0 bridgehead atoms. The van der Waals surface area contributed by atoms with Crippen molar-refractivity contribution in [3.63, 3.8) is 0 Å². The maximum atomic E-state index is 4.70. The predicted molar refractivity (Wildman–Crippen MR) is 58.5 cm³/mol. The van der Waals surface area contributed by atoms with E-state index in [9.17, 15) is 0 Å². The lowest BCUT2D eigenvalue weighted by Crippen LogP contribution is -2.13. The molecule has 0 aliphatic heterocycles. The molecule has 0 fully saturated rings. The van der Waals surface area contributed by atoms with Gasteiger partial charge in [-0.05, 0) is 25.2 Å². The highest BCUT2D eigenvalue weighted by Gasteiger charge is 2.24. The molecule has 0 amide bonds. The van der Waals surface area contributed by atoms with Crippen LogP contribution in [0.15, 0.2) is 0 Å². The van der Waals surface area contributed by atoms with Crippen molar-refractivity contribution in [2.45, 2.75) is 52.4 Å². The Morgan fingerprint density at radius 1 is 1.36 bits per heavy atom. The third-order valence-corrected chi connectivity index (χ3v) is 3.00. The fourth-order valence-corrected chi connectivity index (χ4v) is 2.01. The van der Waals surface area contributed by atoms with Crippen molar-refractivity contribution in [2.24, 2.45) is 5.92 Å². The summed E-state index contributed by atoms with van der Waals surface area (Å²) >= 11 is 0. The summed E-state index contributed by atoms with van der Waals surface area (Å²) in [6.45, 7) is 8.95. The maximum absolute atomic E-state index is 4.70. The Hall–Kier alpha value is -0.790. The van der Waals surface area contributed by atoms with Gasteiger partial charge in [0.05, 0.1) is 5.69 Å². The van der Waals surface area contributed by atoms with Gasteiger partial charge in [-0.2, -0.15) is 0 Å². The standard InChI is InChI=1S/C12H20N2/c1-8-5-6-9-10(7-8)14-11(13-9)12(2,3)4/h8H,5-7H2,1-4H3,(H,13,14). The Balaban J connectivity index is 2.32. The van der Waals surface area contributed by atoms with Crippen LogP contribution in [0.5, 0.6) is 0 Å². The fourth-order valence-electron chi connectivity index (χ4n) is 2.01. The molecule has 2 heteroatoms. The summed E-state index contributed by atoms with van der Waals surface area (Å²) in [7, 11) is 0. The molecule has 1 aliphatic carbocycles. The predicted octanol–water partition coefficient (Wildman–Crippen LogP) is 2.83. The van der Waals surface area contributed by atoms with Crippen LogP contribution >= 0.6 is 0 Å². The minimum absolute atomic E-state index is 0.153. The first-order valence-electron chi connectivity index (χ1n) is 5.55. The van der Waals surface area contributed by atoms with E-state index in [2.05, 4.69) is 32.7 Å². The van der Waals surface area contributed by atoms with Gasteiger partial charge in [0.25, 0.3) is 0 Å². The van der Waals surface area contributed by atoms with Crippen LogP contribution < -0.4 is 0 Å². The lowest BCUT2D eigenvalue weighted by atomic mass is 9.92. The van der Waals surface area contributed by atoms with Gasteiger partial charge in [-0.3, -0.25) is 0 Å². The second-order valence-electron chi connectivity index (χ2n) is 5.61. The summed E-state index contributed by atoms with van der Waals surface area (Å²) in [6.07, 6.45) is 3.63. The molecule has 1 aromatic heterocycles. The average molecular weight is 192 g/mol. The van der Waals surface area contributed by atoms with E-state index in [1.54, 1.807) is 0 Å². The molecule has 1 unspecified atom stereocenters. The molecule has 1 aliphatic rings. The van der Waals surface area contributed by atoms with Gasteiger partial charge in [-0.25, -0.2) is 4.98 Å². The summed E-state index contributed by atoms with van der Waals surface area (Å²) in [5, 5.41) is 0. The third kappa shape index (κ3) is 1.70. The van der Waals surface area contributed by atoms with Crippen LogP contribution in [0.1, 0.15) is 51.3 Å². The third-order valence-electron chi connectivity index (χ3n) is 3.00. The van der Waals surface area contributed by atoms with Gasteiger partial charge in [0.1, 0.15) is 5.82 Å². The molecule has 0 saturated heterocycles. The first-order valence-corrected chi connectivity index (χ1v) is 5.55. The number of aryl methyl sites for hydroxylation is 1. The molecular weight excluding hydrogens is 172 g/mol. The molecule has 1 N–H and O–H groups in total. The lowest BCUT2D eigenvalue weighted by Gasteiger charge is -2.16. The molecule has 0 spiro atoms. The van der Waals surface area contributed by atoms with Gasteiger partial charge < -0.3 is 4.98 Å². The number of hydrogen-bond acceptors (Lipinski definition) is 1. The maximum Gasteiger partial charge on any atom is 0.111 e. The monoisotopic (exact) mass is 192 g/mol. The van der Waals surface area contributed by atoms with Crippen LogP contribution in [0.2, 0.25) is 0 Å². The van der Waals surface area contributed by atoms with Crippen molar-refractivity contribution in [3.8, 4) is 0 Å². The molecule has 2 rings (SSSR count). The van der Waals surface area contributed by atoms with E-state index in [-0.39, 0.29) is 5.41 Å². The van der Waals surface area contributed by atoms with Crippen molar-refractivity contribution in [1.29, 1.82) is 0 Å². The Labute approximate surface area is 86.1 Å². The van der Waals surface area contributed by atoms with E-state index in [0.29, 0.717) is 0 Å². The number of aromatic nitrogens is 2. The number of nitrogens with one attached hydrogen (secondary N) is 1. The lowest BCUT2D eigenvalue weighted by molar-refractivity contribution is 0.491. The summed E-state index contributed by atoms with van der Waals surface area (Å²) in [5.74, 6) is 1.97. The summed E-state index contributed by atoms with van der Waals surface area (Å²) in [5.41, 5.74) is 2.85. The van der Waals surface area contributed by atoms with Crippen molar-refractivity contribution in [2.75, 3.05) is 0 Å². The molecule has 1 aromatic rings. The average Bonchev–Trinajstić information content (AvgIpc) is 2.45. The fraction of sp³-hybridized carbons (Fsp3) is 0.750. The van der Waals surface area contributed by atoms with Gasteiger partial charge in [-0.1, -0.05) is 27.7 Å². The van der Waals surface area contributed by atoms with Crippen LogP contribution in [-0.4, -0.2) is 9.97 Å². The van der Waals surface area contributed by atoms with Crippen LogP contribution in [0.4, 0.5) is 0 Å². The highest BCUT2D eigenvalue weighted by molar-refractivity contribution is 5.21. The smallest absolute Gasteiger partial charge is 0.111 e. The number of H-pyrrole nitrogens is 1.